The zero-order valence-electron chi connectivity index (χ0n) is 15.5. The van der Waals surface area contributed by atoms with Gasteiger partial charge in [0.25, 0.3) is 0 Å². The summed E-state index contributed by atoms with van der Waals surface area (Å²) in [6.45, 7) is 3.08. The SMILES string of the molecule is C[C@]12CN(CCC(=O)c3ccccc3)[C@@H](c3ccccc3)C[C@]1(O)OCO2. The Labute approximate surface area is 159 Å². The Kier molecular flexibility index (Phi) is 4.86. The fraction of sp³-hybridized carbons (Fsp3) is 0.409. The van der Waals surface area contributed by atoms with E-state index >= 15 is 0 Å². The van der Waals surface area contributed by atoms with E-state index in [0.717, 1.165) is 11.1 Å². The summed E-state index contributed by atoms with van der Waals surface area (Å²) in [4.78, 5) is 14.8. The summed E-state index contributed by atoms with van der Waals surface area (Å²) in [5.41, 5.74) is 1.04. The highest BCUT2D eigenvalue weighted by Gasteiger charge is 2.59. The van der Waals surface area contributed by atoms with E-state index < -0.39 is 11.4 Å². The summed E-state index contributed by atoms with van der Waals surface area (Å²) in [5.74, 6) is -1.19. The lowest BCUT2D eigenvalue weighted by molar-refractivity contribution is -0.244. The number of fused-ring (bicyclic) bond motifs is 1. The third-order valence-electron chi connectivity index (χ3n) is 5.82. The number of rotatable bonds is 5. The number of carbonyl (C=O) groups excluding carboxylic acids is 1. The number of ketones is 1. The van der Waals surface area contributed by atoms with Gasteiger partial charge in [-0.05, 0) is 12.5 Å². The molecular weight excluding hydrogens is 342 g/mol. The number of hydrogen-bond donors (Lipinski definition) is 1. The van der Waals surface area contributed by atoms with Crippen molar-refractivity contribution in [3.63, 3.8) is 0 Å². The summed E-state index contributed by atoms with van der Waals surface area (Å²) >= 11 is 0. The van der Waals surface area contributed by atoms with Gasteiger partial charge in [0, 0.05) is 37.5 Å². The molecule has 5 nitrogen and oxygen atoms in total. The van der Waals surface area contributed by atoms with E-state index in [4.69, 9.17) is 9.47 Å². The van der Waals surface area contributed by atoms with Crippen LogP contribution in [0, 0.1) is 0 Å². The van der Waals surface area contributed by atoms with Crippen LogP contribution >= 0.6 is 0 Å². The van der Waals surface area contributed by atoms with Crippen LogP contribution < -0.4 is 0 Å². The third-order valence-corrected chi connectivity index (χ3v) is 5.82. The number of hydrogen-bond acceptors (Lipinski definition) is 5. The average Bonchev–Trinajstić information content (AvgIpc) is 3.00. The van der Waals surface area contributed by atoms with E-state index in [2.05, 4.69) is 17.0 Å². The molecule has 27 heavy (non-hydrogen) atoms. The molecule has 2 aliphatic rings. The first kappa shape index (κ1) is 18.3. The van der Waals surface area contributed by atoms with Gasteiger partial charge < -0.3 is 14.6 Å². The molecule has 0 saturated carbocycles. The first-order valence-electron chi connectivity index (χ1n) is 9.38. The van der Waals surface area contributed by atoms with Crippen LogP contribution in [0.1, 0.15) is 41.7 Å². The minimum Gasteiger partial charge on any atom is -0.363 e. The van der Waals surface area contributed by atoms with Gasteiger partial charge in [-0.1, -0.05) is 60.7 Å². The number of benzene rings is 2. The summed E-state index contributed by atoms with van der Waals surface area (Å²) < 4.78 is 11.3. The second-order valence-electron chi connectivity index (χ2n) is 7.56. The molecule has 2 fully saturated rings. The normalized spacial score (nSPS) is 30.8. The van der Waals surface area contributed by atoms with Crippen molar-refractivity contribution in [3.8, 4) is 0 Å². The molecule has 2 saturated heterocycles. The lowest BCUT2D eigenvalue weighted by atomic mass is 9.81. The Balaban J connectivity index is 1.55. The van der Waals surface area contributed by atoms with Gasteiger partial charge in [-0.25, -0.2) is 0 Å². The maximum atomic E-state index is 12.6. The Bertz CT molecular complexity index is 796. The minimum absolute atomic E-state index is 0.0328. The fourth-order valence-electron chi connectivity index (χ4n) is 4.11. The van der Waals surface area contributed by atoms with E-state index in [-0.39, 0.29) is 18.6 Å². The quantitative estimate of drug-likeness (QED) is 0.823. The van der Waals surface area contributed by atoms with E-state index in [1.54, 1.807) is 0 Å². The number of aliphatic hydroxyl groups is 1. The number of nitrogens with zero attached hydrogens (tertiary/aromatic N) is 1. The molecule has 1 N–H and O–H groups in total. The van der Waals surface area contributed by atoms with Gasteiger partial charge in [-0.2, -0.15) is 0 Å². The van der Waals surface area contributed by atoms with Gasteiger partial charge in [0.1, 0.15) is 5.60 Å². The van der Waals surface area contributed by atoms with Crippen LogP contribution in [0.4, 0.5) is 0 Å². The van der Waals surface area contributed by atoms with Crippen LogP contribution in [0.2, 0.25) is 0 Å². The van der Waals surface area contributed by atoms with Gasteiger partial charge in [0.05, 0.1) is 0 Å². The lowest BCUT2D eigenvalue weighted by Gasteiger charge is -2.49. The largest absolute Gasteiger partial charge is 0.363 e. The zero-order valence-corrected chi connectivity index (χ0v) is 15.5. The fourth-order valence-corrected chi connectivity index (χ4v) is 4.11. The molecule has 2 aromatic rings. The Morgan fingerprint density at radius 1 is 1.11 bits per heavy atom. The maximum Gasteiger partial charge on any atom is 0.200 e. The summed E-state index contributed by atoms with van der Waals surface area (Å²) in [7, 11) is 0. The van der Waals surface area contributed by atoms with Crippen molar-refractivity contribution in [1.29, 1.82) is 0 Å². The number of likely N-dealkylation sites (tertiary alicyclic amines) is 1. The maximum absolute atomic E-state index is 12.6. The van der Waals surface area contributed by atoms with Crippen LogP contribution in [0.25, 0.3) is 0 Å². The third kappa shape index (κ3) is 3.44. The average molecular weight is 367 g/mol. The molecule has 0 unspecified atom stereocenters. The van der Waals surface area contributed by atoms with Gasteiger partial charge in [0.2, 0.25) is 5.79 Å². The van der Waals surface area contributed by atoms with Crippen molar-refractivity contribution in [1.82, 2.24) is 4.90 Å². The van der Waals surface area contributed by atoms with Gasteiger partial charge in [-0.3, -0.25) is 9.69 Å². The molecule has 0 aromatic heterocycles. The minimum atomic E-state index is -1.31. The Morgan fingerprint density at radius 3 is 2.48 bits per heavy atom. The molecule has 4 rings (SSSR count). The molecular formula is C22H25NO4. The molecule has 142 valence electrons. The highest BCUT2D eigenvalue weighted by atomic mass is 16.8. The number of Topliss-reactive ketones (excluding diaryl/α,β-unsaturated/α-hetero) is 1. The molecule has 3 atom stereocenters. The van der Waals surface area contributed by atoms with Crippen molar-refractivity contribution in [3.05, 3.63) is 71.8 Å². The van der Waals surface area contributed by atoms with Crippen LogP contribution in [-0.2, 0) is 9.47 Å². The van der Waals surface area contributed by atoms with Gasteiger partial charge >= 0.3 is 0 Å². The molecule has 5 heteroatoms. The van der Waals surface area contributed by atoms with Crippen molar-refractivity contribution in [2.45, 2.75) is 37.2 Å². The highest BCUT2D eigenvalue weighted by molar-refractivity contribution is 5.96. The Hall–Kier alpha value is -2.05. The molecule has 0 aliphatic carbocycles. The van der Waals surface area contributed by atoms with Crippen molar-refractivity contribution in [2.24, 2.45) is 0 Å². The smallest absolute Gasteiger partial charge is 0.200 e. The van der Waals surface area contributed by atoms with Crippen LogP contribution in [-0.4, -0.2) is 47.1 Å². The van der Waals surface area contributed by atoms with Crippen LogP contribution in [0.3, 0.4) is 0 Å². The van der Waals surface area contributed by atoms with Crippen molar-refractivity contribution < 1.29 is 19.4 Å². The lowest BCUT2D eigenvalue weighted by Crippen LogP contribution is -2.62. The van der Waals surface area contributed by atoms with E-state index in [1.807, 2.05) is 55.5 Å². The van der Waals surface area contributed by atoms with Crippen LogP contribution in [0.15, 0.2) is 60.7 Å². The predicted molar refractivity (Wildman–Crippen MR) is 101 cm³/mol. The molecule has 0 amide bonds. The molecule has 0 bridgehead atoms. The standard InChI is InChI=1S/C22H25NO4/c1-21-15-23(13-12-20(24)18-10-6-3-7-11-18)19(17-8-4-2-5-9-17)14-22(21,25)27-16-26-21/h2-11,19,25H,12-16H2,1H3/t19-,21+,22+/m1/s1. The molecule has 0 radical (unpaired) electrons. The number of piperidine rings is 1. The monoisotopic (exact) mass is 367 g/mol. The van der Waals surface area contributed by atoms with E-state index in [1.165, 1.54) is 0 Å². The molecule has 2 heterocycles. The van der Waals surface area contributed by atoms with E-state index in [9.17, 15) is 9.90 Å². The van der Waals surface area contributed by atoms with Crippen molar-refractivity contribution in [2.75, 3.05) is 19.9 Å². The molecule has 2 aliphatic heterocycles. The predicted octanol–water partition coefficient (Wildman–Crippen LogP) is 3.16. The molecule has 0 spiro atoms. The van der Waals surface area contributed by atoms with Gasteiger partial charge in [0.15, 0.2) is 12.6 Å². The Morgan fingerprint density at radius 2 is 1.78 bits per heavy atom. The summed E-state index contributed by atoms with van der Waals surface area (Å²) in [6, 6.07) is 19.4. The van der Waals surface area contributed by atoms with Crippen LogP contribution in [0.5, 0.6) is 0 Å². The first-order valence-corrected chi connectivity index (χ1v) is 9.38. The number of ether oxygens (including phenoxy) is 2. The van der Waals surface area contributed by atoms with Gasteiger partial charge in [-0.15, -0.1) is 0 Å². The van der Waals surface area contributed by atoms with E-state index in [0.29, 0.717) is 25.9 Å². The number of carbonyl (C=O) groups is 1. The summed E-state index contributed by atoms with van der Waals surface area (Å²) in [5, 5.41) is 11.0. The highest BCUT2D eigenvalue weighted by Crippen LogP contribution is 2.47. The zero-order chi connectivity index (χ0) is 18.9. The molecule has 2 aromatic carbocycles. The summed E-state index contributed by atoms with van der Waals surface area (Å²) in [6.07, 6.45) is 0.829. The topological polar surface area (TPSA) is 59.0 Å². The second-order valence-corrected chi connectivity index (χ2v) is 7.56. The second kappa shape index (κ2) is 7.17. The van der Waals surface area contributed by atoms with Crippen molar-refractivity contribution >= 4 is 5.78 Å². The first-order chi connectivity index (χ1) is 13.0.